The first-order chi connectivity index (χ1) is 9.96. The van der Waals surface area contributed by atoms with Crippen LogP contribution in [0, 0.1) is 0 Å². The number of benzene rings is 2. The van der Waals surface area contributed by atoms with E-state index in [0.717, 1.165) is 6.54 Å². The van der Waals surface area contributed by atoms with E-state index in [1.165, 1.54) is 11.1 Å². The zero-order chi connectivity index (χ0) is 15.1. The average molecular weight is 299 g/mol. The molecule has 1 saturated heterocycles. The molecular formula is C18H21NOS. The minimum atomic E-state index is -1.01. The van der Waals surface area contributed by atoms with Gasteiger partial charge in [-0.3, -0.25) is 0 Å². The first-order valence-corrected chi connectivity index (χ1v) is 8.37. The lowest BCUT2D eigenvalue weighted by Gasteiger charge is -2.24. The highest BCUT2D eigenvalue weighted by atomic mass is 32.2. The van der Waals surface area contributed by atoms with Crippen LogP contribution in [0.2, 0.25) is 0 Å². The van der Waals surface area contributed by atoms with Gasteiger partial charge < -0.3 is 0 Å². The topological polar surface area (TPSA) is 20.1 Å². The molecule has 2 atom stereocenters. The SMILES string of the molecule is CC(C)(C)S(=O)N1CC1(c1ccccc1)c1ccccc1. The molecule has 1 fully saturated rings. The lowest BCUT2D eigenvalue weighted by atomic mass is 9.91. The van der Waals surface area contributed by atoms with Gasteiger partial charge in [0.05, 0.1) is 10.3 Å². The van der Waals surface area contributed by atoms with Crippen LogP contribution >= 0.6 is 0 Å². The van der Waals surface area contributed by atoms with Crippen LogP contribution in [0.3, 0.4) is 0 Å². The van der Waals surface area contributed by atoms with Crippen molar-refractivity contribution in [2.24, 2.45) is 0 Å². The molecule has 3 rings (SSSR count). The standard InChI is InChI=1S/C18H21NOS/c1-17(2,3)21(20)19-14-18(19,15-10-6-4-7-11-15)16-12-8-5-9-13-16/h4-13H,14H2,1-3H3. The summed E-state index contributed by atoms with van der Waals surface area (Å²) in [6.45, 7) is 6.90. The highest BCUT2D eigenvalue weighted by Gasteiger charge is 2.59. The van der Waals surface area contributed by atoms with Gasteiger partial charge in [0.1, 0.15) is 11.0 Å². The lowest BCUT2D eigenvalue weighted by Crippen LogP contribution is -2.31. The highest BCUT2D eigenvalue weighted by Crippen LogP contribution is 2.50. The Hall–Kier alpha value is -1.45. The molecule has 2 aromatic rings. The van der Waals surface area contributed by atoms with Crippen molar-refractivity contribution in [3.05, 3.63) is 71.8 Å². The van der Waals surface area contributed by atoms with Gasteiger partial charge in [-0.15, -0.1) is 0 Å². The Kier molecular flexibility index (Phi) is 3.50. The van der Waals surface area contributed by atoms with Crippen molar-refractivity contribution in [1.29, 1.82) is 0 Å². The zero-order valence-electron chi connectivity index (χ0n) is 12.7. The predicted octanol–water partition coefficient (Wildman–Crippen LogP) is 3.71. The Balaban J connectivity index is 2.06. The average Bonchev–Trinajstić information content (AvgIpc) is 3.24. The van der Waals surface area contributed by atoms with E-state index in [1.54, 1.807) is 0 Å². The lowest BCUT2D eigenvalue weighted by molar-refractivity contribution is 0.579. The van der Waals surface area contributed by atoms with Crippen LogP contribution < -0.4 is 0 Å². The first kappa shape index (κ1) is 14.5. The van der Waals surface area contributed by atoms with Gasteiger partial charge in [0.2, 0.25) is 0 Å². The molecule has 1 aliphatic heterocycles. The summed E-state index contributed by atoms with van der Waals surface area (Å²) in [5.74, 6) is 0. The molecule has 0 amide bonds. The van der Waals surface area contributed by atoms with Crippen LogP contribution in [-0.4, -0.2) is 19.8 Å². The van der Waals surface area contributed by atoms with Crippen molar-refractivity contribution in [2.75, 3.05) is 6.54 Å². The van der Waals surface area contributed by atoms with Gasteiger partial charge in [-0.2, -0.15) is 0 Å². The molecule has 2 aromatic carbocycles. The summed E-state index contributed by atoms with van der Waals surface area (Å²) in [6, 6.07) is 20.8. The molecule has 1 aliphatic rings. The van der Waals surface area contributed by atoms with Crippen molar-refractivity contribution in [3.8, 4) is 0 Å². The second kappa shape index (κ2) is 5.08. The van der Waals surface area contributed by atoms with Crippen LogP contribution in [-0.2, 0) is 16.5 Å². The number of hydrogen-bond acceptors (Lipinski definition) is 1. The minimum Gasteiger partial charge on any atom is -0.242 e. The molecule has 1 heterocycles. The first-order valence-electron chi connectivity index (χ1n) is 7.27. The van der Waals surface area contributed by atoms with Crippen LogP contribution in [0.5, 0.6) is 0 Å². The summed E-state index contributed by atoms with van der Waals surface area (Å²) in [4.78, 5) is 0. The van der Waals surface area contributed by atoms with Gasteiger partial charge in [-0.1, -0.05) is 60.7 Å². The van der Waals surface area contributed by atoms with Gasteiger partial charge >= 0.3 is 0 Å². The van der Waals surface area contributed by atoms with Gasteiger partial charge in [0.25, 0.3) is 0 Å². The van der Waals surface area contributed by atoms with E-state index in [-0.39, 0.29) is 10.3 Å². The van der Waals surface area contributed by atoms with E-state index in [4.69, 9.17) is 0 Å². The van der Waals surface area contributed by atoms with Gasteiger partial charge in [-0.25, -0.2) is 8.51 Å². The second-order valence-electron chi connectivity index (χ2n) is 6.49. The third kappa shape index (κ3) is 2.45. The van der Waals surface area contributed by atoms with E-state index in [9.17, 15) is 4.21 Å². The van der Waals surface area contributed by atoms with Crippen molar-refractivity contribution >= 4 is 11.0 Å². The molecule has 0 radical (unpaired) electrons. The van der Waals surface area contributed by atoms with Crippen molar-refractivity contribution in [1.82, 2.24) is 4.31 Å². The largest absolute Gasteiger partial charge is 0.242 e. The number of hydrogen-bond donors (Lipinski definition) is 0. The van der Waals surface area contributed by atoms with Crippen molar-refractivity contribution in [3.63, 3.8) is 0 Å². The maximum absolute atomic E-state index is 12.8. The Morgan fingerprint density at radius 1 is 0.905 bits per heavy atom. The molecule has 3 heteroatoms. The number of nitrogens with zero attached hydrogens (tertiary/aromatic N) is 1. The van der Waals surface area contributed by atoms with E-state index in [2.05, 4.69) is 52.8 Å². The molecule has 0 saturated carbocycles. The van der Waals surface area contributed by atoms with Gasteiger partial charge in [-0.05, 0) is 31.9 Å². The van der Waals surface area contributed by atoms with Gasteiger partial charge in [0, 0.05) is 6.54 Å². The highest BCUT2D eigenvalue weighted by molar-refractivity contribution is 7.84. The monoisotopic (exact) mass is 299 g/mol. The van der Waals surface area contributed by atoms with Crippen LogP contribution in [0.4, 0.5) is 0 Å². The number of rotatable bonds is 3. The summed E-state index contributed by atoms with van der Waals surface area (Å²) in [5.41, 5.74) is 2.20. The zero-order valence-corrected chi connectivity index (χ0v) is 13.6. The molecule has 21 heavy (non-hydrogen) atoms. The molecular weight excluding hydrogens is 278 g/mol. The Morgan fingerprint density at radius 2 is 1.33 bits per heavy atom. The smallest absolute Gasteiger partial charge is 0.101 e. The molecule has 0 aromatic heterocycles. The maximum Gasteiger partial charge on any atom is 0.101 e. The summed E-state index contributed by atoms with van der Waals surface area (Å²) in [5, 5.41) is 0. The summed E-state index contributed by atoms with van der Waals surface area (Å²) >= 11 is 0. The molecule has 0 N–H and O–H groups in total. The fourth-order valence-corrected chi connectivity index (χ4v) is 4.23. The molecule has 2 unspecified atom stereocenters. The minimum absolute atomic E-state index is 0.235. The fraction of sp³-hybridized carbons (Fsp3) is 0.333. The Labute approximate surface area is 129 Å². The van der Waals surface area contributed by atoms with Gasteiger partial charge in [0.15, 0.2) is 0 Å². The van der Waals surface area contributed by atoms with E-state index in [1.807, 2.05) is 32.9 Å². The van der Waals surface area contributed by atoms with E-state index < -0.39 is 11.0 Å². The summed E-state index contributed by atoms with van der Waals surface area (Å²) < 4.78 is 14.7. The predicted molar refractivity (Wildman–Crippen MR) is 88.3 cm³/mol. The van der Waals surface area contributed by atoms with Crippen molar-refractivity contribution < 1.29 is 4.21 Å². The Morgan fingerprint density at radius 3 is 1.71 bits per heavy atom. The maximum atomic E-state index is 12.8. The van der Waals surface area contributed by atoms with Crippen LogP contribution in [0.15, 0.2) is 60.7 Å². The van der Waals surface area contributed by atoms with E-state index in [0.29, 0.717) is 0 Å². The quantitative estimate of drug-likeness (QED) is 0.791. The fourth-order valence-electron chi connectivity index (χ4n) is 2.77. The molecule has 0 spiro atoms. The summed E-state index contributed by atoms with van der Waals surface area (Å²) in [6.07, 6.45) is 0. The second-order valence-corrected chi connectivity index (χ2v) is 8.65. The molecule has 0 bridgehead atoms. The summed E-state index contributed by atoms with van der Waals surface area (Å²) in [7, 11) is -1.01. The van der Waals surface area contributed by atoms with Crippen molar-refractivity contribution in [2.45, 2.75) is 31.1 Å². The third-order valence-corrected chi connectivity index (χ3v) is 5.81. The molecule has 110 valence electrons. The Bertz CT molecular complexity index is 606. The molecule has 2 nitrogen and oxygen atoms in total. The third-order valence-electron chi connectivity index (χ3n) is 3.92. The normalized spacial score (nSPS) is 21.8. The van der Waals surface area contributed by atoms with Crippen LogP contribution in [0.1, 0.15) is 31.9 Å². The molecule has 0 aliphatic carbocycles. The van der Waals surface area contributed by atoms with Crippen LogP contribution in [0.25, 0.3) is 0 Å². The van der Waals surface area contributed by atoms with E-state index >= 15 is 0 Å².